The number of ether oxygens (including phenoxy) is 1. The minimum absolute atomic E-state index is 0.112. The molecule has 0 aromatic rings. The van der Waals surface area contributed by atoms with Crippen molar-refractivity contribution in [2.24, 2.45) is 5.92 Å². The highest BCUT2D eigenvalue weighted by atomic mass is 16.5. The number of hydrogen-bond acceptors (Lipinski definition) is 4. The fraction of sp³-hybridized carbons (Fsp3) is 0.667. The number of nitrogens with zero attached hydrogens (tertiary/aromatic N) is 2. The maximum Gasteiger partial charge on any atom is 0.325 e. The first-order chi connectivity index (χ1) is 6.52. The van der Waals surface area contributed by atoms with E-state index in [9.17, 15) is 9.59 Å². The average molecular weight is 198 g/mol. The van der Waals surface area contributed by atoms with E-state index in [1.807, 2.05) is 6.07 Å². The van der Waals surface area contributed by atoms with Crippen LogP contribution in [0.25, 0.3) is 0 Å². The zero-order valence-electron chi connectivity index (χ0n) is 8.61. The van der Waals surface area contributed by atoms with Crippen LogP contribution in [-0.2, 0) is 14.3 Å². The van der Waals surface area contributed by atoms with Gasteiger partial charge in [0.25, 0.3) is 0 Å². The number of esters is 1. The molecule has 0 aromatic heterocycles. The van der Waals surface area contributed by atoms with Crippen LogP contribution in [0, 0.1) is 17.2 Å². The Kier molecular flexibility index (Phi) is 5.30. The second kappa shape index (κ2) is 5.97. The van der Waals surface area contributed by atoms with E-state index in [1.165, 1.54) is 18.9 Å². The highest BCUT2D eigenvalue weighted by molar-refractivity contribution is 5.84. The second-order valence-electron chi connectivity index (χ2n) is 2.85. The Bertz CT molecular complexity index is 257. The van der Waals surface area contributed by atoms with Crippen molar-refractivity contribution in [1.82, 2.24) is 4.90 Å². The van der Waals surface area contributed by atoms with Gasteiger partial charge in [-0.1, -0.05) is 0 Å². The maximum absolute atomic E-state index is 11.3. The molecule has 5 heteroatoms. The third kappa shape index (κ3) is 3.90. The minimum atomic E-state index is -0.727. The van der Waals surface area contributed by atoms with E-state index in [4.69, 9.17) is 5.26 Å². The molecule has 0 fully saturated rings. The summed E-state index contributed by atoms with van der Waals surface area (Å²) in [5.74, 6) is -1.57. The first-order valence-corrected chi connectivity index (χ1v) is 4.33. The van der Waals surface area contributed by atoms with Gasteiger partial charge >= 0.3 is 5.97 Å². The number of likely N-dealkylation sites (N-methyl/N-ethyl adjacent to an activating group) is 1. The summed E-state index contributed by atoms with van der Waals surface area (Å²) in [5.41, 5.74) is 0. The number of nitriles is 1. The Labute approximate surface area is 83.2 Å². The number of carbonyl (C=O) groups excluding carboxylic acids is 2. The van der Waals surface area contributed by atoms with Gasteiger partial charge in [-0.15, -0.1) is 0 Å². The molecule has 1 amide bonds. The van der Waals surface area contributed by atoms with Crippen LogP contribution in [0.4, 0.5) is 0 Å². The molecule has 1 unspecified atom stereocenters. The van der Waals surface area contributed by atoms with Crippen LogP contribution >= 0.6 is 0 Å². The lowest BCUT2D eigenvalue weighted by Gasteiger charge is -2.16. The summed E-state index contributed by atoms with van der Waals surface area (Å²) >= 11 is 0. The highest BCUT2D eigenvalue weighted by Gasteiger charge is 2.19. The van der Waals surface area contributed by atoms with Gasteiger partial charge in [0.05, 0.1) is 12.7 Å². The molecule has 0 aliphatic carbocycles. The van der Waals surface area contributed by atoms with E-state index in [2.05, 4.69) is 4.74 Å². The fourth-order valence-electron chi connectivity index (χ4n) is 0.864. The normalized spacial score (nSPS) is 11.3. The third-order valence-electron chi connectivity index (χ3n) is 1.61. The molecular formula is C9H14N2O3. The van der Waals surface area contributed by atoms with Crippen molar-refractivity contribution in [2.75, 3.05) is 20.2 Å². The molecule has 0 bridgehead atoms. The fourth-order valence-corrected chi connectivity index (χ4v) is 0.864. The molecule has 0 heterocycles. The topological polar surface area (TPSA) is 70.4 Å². The first-order valence-electron chi connectivity index (χ1n) is 4.33. The highest BCUT2D eigenvalue weighted by Crippen LogP contribution is 1.98. The van der Waals surface area contributed by atoms with Gasteiger partial charge in [0, 0.05) is 7.05 Å². The number of carbonyl (C=O) groups is 2. The van der Waals surface area contributed by atoms with E-state index in [0.717, 1.165) is 0 Å². The van der Waals surface area contributed by atoms with Crippen molar-refractivity contribution in [3.63, 3.8) is 0 Å². The van der Waals surface area contributed by atoms with Crippen LogP contribution in [0.5, 0.6) is 0 Å². The molecule has 1 atom stereocenters. The Morgan fingerprint density at radius 3 is 2.57 bits per heavy atom. The summed E-state index contributed by atoms with van der Waals surface area (Å²) in [6.07, 6.45) is 0. The molecule has 0 spiro atoms. The molecular weight excluding hydrogens is 184 g/mol. The zero-order valence-corrected chi connectivity index (χ0v) is 8.61. The molecule has 14 heavy (non-hydrogen) atoms. The Morgan fingerprint density at radius 2 is 2.14 bits per heavy atom. The van der Waals surface area contributed by atoms with Crippen molar-refractivity contribution >= 4 is 11.9 Å². The third-order valence-corrected chi connectivity index (χ3v) is 1.61. The number of amides is 1. The van der Waals surface area contributed by atoms with Crippen LogP contribution in [0.2, 0.25) is 0 Å². The summed E-state index contributed by atoms with van der Waals surface area (Å²) in [5, 5.41) is 8.48. The number of hydrogen-bond donors (Lipinski definition) is 0. The van der Waals surface area contributed by atoms with Crippen LogP contribution < -0.4 is 0 Å². The summed E-state index contributed by atoms with van der Waals surface area (Å²) < 4.78 is 4.66. The largest absolute Gasteiger partial charge is 0.465 e. The molecule has 0 aromatic carbocycles. The predicted molar refractivity (Wildman–Crippen MR) is 49.0 cm³/mol. The van der Waals surface area contributed by atoms with Crippen molar-refractivity contribution in [3.8, 4) is 6.07 Å². The molecule has 0 aliphatic heterocycles. The molecule has 0 aliphatic rings. The van der Waals surface area contributed by atoms with Gasteiger partial charge in [-0.05, 0) is 13.8 Å². The van der Waals surface area contributed by atoms with Gasteiger partial charge in [0.1, 0.15) is 12.5 Å². The molecule has 0 rings (SSSR count). The minimum Gasteiger partial charge on any atom is -0.465 e. The summed E-state index contributed by atoms with van der Waals surface area (Å²) in [6.45, 7) is 3.36. The van der Waals surface area contributed by atoms with Crippen molar-refractivity contribution in [2.45, 2.75) is 13.8 Å². The smallest absolute Gasteiger partial charge is 0.325 e. The van der Waals surface area contributed by atoms with E-state index < -0.39 is 11.9 Å². The molecule has 0 saturated carbocycles. The molecule has 78 valence electrons. The Balaban J connectivity index is 4.09. The van der Waals surface area contributed by atoms with E-state index in [-0.39, 0.29) is 19.1 Å². The lowest BCUT2D eigenvalue weighted by Crippen LogP contribution is -2.36. The molecule has 0 radical (unpaired) electrons. The van der Waals surface area contributed by atoms with Crippen LogP contribution in [0.3, 0.4) is 0 Å². The van der Waals surface area contributed by atoms with Gasteiger partial charge in [0.2, 0.25) is 5.91 Å². The van der Waals surface area contributed by atoms with Crippen LogP contribution in [0.15, 0.2) is 0 Å². The molecule has 0 saturated heterocycles. The van der Waals surface area contributed by atoms with E-state index >= 15 is 0 Å². The molecule has 5 nitrogen and oxygen atoms in total. The lowest BCUT2D eigenvalue weighted by molar-refractivity contribution is -0.148. The number of rotatable bonds is 4. The van der Waals surface area contributed by atoms with Crippen LogP contribution in [0.1, 0.15) is 13.8 Å². The van der Waals surface area contributed by atoms with E-state index in [1.54, 1.807) is 6.92 Å². The van der Waals surface area contributed by atoms with Crippen LogP contribution in [-0.4, -0.2) is 37.0 Å². The van der Waals surface area contributed by atoms with Crippen molar-refractivity contribution in [1.29, 1.82) is 5.26 Å². The van der Waals surface area contributed by atoms with Crippen molar-refractivity contribution < 1.29 is 14.3 Å². The Morgan fingerprint density at radius 1 is 1.57 bits per heavy atom. The van der Waals surface area contributed by atoms with Gasteiger partial charge in [-0.3, -0.25) is 9.59 Å². The Hall–Kier alpha value is -1.57. The van der Waals surface area contributed by atoms with E-state index in [0.29, 0.717) is 0 Å². The average Bonchev–Trinajstić information content (AvgIpc) is 2.15. The van der Waals surface area contributed by atoms with Gasteiger partial charge < -0.3 is 9.64 Å². The van der Waals surface area contributed by atoms with Gasteiger partial charge in [-0.25, -0.2) is 0 Å². The molecule has 0 N–H and O–H groups in total. The lowest BCUT2D eigenvalue weighted by atomic mass is 10.2. The SMILES string of the molecule is CCOC(=O)CN(C)C(=O)C(C)C#N. The maximum atomic E-state index is 11.3. The summed E-state index contributed by atoms with van der Waals surface area (Å²) in [4.78, 5) is 23.5. The summed E-state index contributed by atoms with van der Waals surface area (Å²) in [6, 6.07) is 1.81. The second-order valence-corrected chi connectivity index (χ2v) is 2.85. The summed E-state index contributed by atoms with van der Waals surface area (Å²) in [7, 11) is 1.47. The first kappa shape index (κ1) is 12.4. The monoisotopic (exact) mass is 198 g/mol. The van der Waals surface area contributed by atoms with Crippen molar-refractivity contribution in [3.05, 3.63) is 0 Å². The predicted octanol–water partition coefficient (Wildman–Crippen LogP) is 0.168. The van der Waals surface area contributed by atoms with Gasteiger partial charge in [0.15, 0.2) is 0 Å². The zero-order chi connectivity index (χ0) is 11.1. The standard InChI is InChI=1S/C9H14N2O3/c1-4-14-8(12)6-11(3)9(13)7(2)5-10/h7H,4,6H2,1-3H3. The van der Waals surface area contributed by atoms with Gasteiger partial charge in [-0.2, -0.15) is 5.26 Å². The quantitative estimate of drug-likeness (QED) is 0.603.